The predicted octanol–water partition coefficient (Wildman–Crippen LogP) is 7.52. The number of carbonyl (C=O) groups is 2. The van der Waals surface area contributed by atoms with E-state index in [-0.39, 0.29) is 24.1 Å². The lowest BCUT2D eigenvalue weighted by molar-refractivity contribution is -0.182. The molecule has 0 spiro atoms. The van der Waals surface area contributed by atoms with Gasteiger partial charge >= 0.3 is 11.9 Å². The summed E-state index contributed by atoms with van der Waals surface area (Å²) in [6, 6.07) is 0. The van der Waals surface area contributed by atoms with Crippen molar-refractivity contribution in [3.8, 4) is 0 Å². The summed E-state index contributed by atoms with van der Waals surface area (Å²) in [4.78, 5) is 26.5. The Kier molecular flexibility index (Phi) is 14.1. The van der Waals surface area contributed by atoms with Gasteiger partial charge in [-0.1, -0.05) is 85.5 Å². The first kappa shape index (κ1) is 27.0. The Balaban J connectivity index is 2.73. The molecule has 0 amide bonds. The zero-order chi connectivity index (χ0) is 22.2. The molecule has 2 unspecified atom stereocenters. The molecule has 0 aromatic rings. The zero-order valence-corrected chi connectivity index (χ0v) is 20.3. The van der Waals surface area contributed by atoms with Crippen LogP contribution in [-0.4, -0.2) is 24.1 Å². The molecule has 0 aromatic heterocycles. The smallest absolute Gasteiger partial charge is 0.323 e. The van der Waals surface area contributed by atoms with Gasteiger partial charge in [0, 0.05) is 0 Å². The number of unbranched alkanes of at least 4 members (excludes halogenated alkanes) is 6. The summed E-state index contributed by atoms with van der Waals surface area (Å²) in [6.45, 7) is 8.52. The first-order valence-electron chi connectivity index (χ1n) is 13.0. The molecule has 2 atom stereocenters. The molecule has 0 saturated heterocycles. The van der Waals surface area contributed by atoms with Crippen LogP contribution in [-0.2, 0) is 19.1 Å². The summed E-state index contributed by atoms with van der Waals surface area (Å²) in [5, 5.41) is 0. The largest absolute Gasteiger partial charge is 0.462 e. The van der Waals surface area contributed by atoms with Crippen LogP contribution in [0, 0.1) is 5.41 Å². The molecule has 1 saturated carbocycles. The first-order chi connectivity index (χ1) is 14.5. The van der Waals surface area contributed by atoms with Gasteiger partial charge in [0.05, 0.1) is 0 Å². The van der Waals surface area contributed by atoms with Crippen molar-refractivity contribution >= 4 is 11.9 Å². The van der Waals surface area contributed by atoms with E-state index in [1.54, 1.807) is 0 Å². The second-order valence-corrected chi connectivity index (χ2v) is 9.21. The number of hydrogen-bond acceptors (Lipinski definition) is 4. The number of esters is 2. The van der Waals surface area contributed by atoms with Gasteiger partial charge in [0.2, 0.25) is 0 Å². The van der Waals surface area contributed by atoms with E-state index >= 15 is 0 Å². The quantitative estimate of drug-likeness (QED) is 0.146. The Morgan fingerprint density at radius 1 is 0.667 bits per heavy atom. The summed E-state index contributed by atoms with van der Waals surface area (Å²) >= 11 is 0. The summed E-state index contributed by atoms with van der Waals surface area (Å²) in [5.74, 6) is -0.647. The van der Waals surface area contributed by atoms with Crippen LogP contribution in [0.3, 0.4) is 0 Å². The molecule has 30 heavy (non-hydrogen) atoms. The average Bonchev–Trinajstić information content (AvgIpc) is 2.77. The average molecular weight is 425 g/mol. The Bertz CT molecular complexity index is 432. The minimum atomic E-state index is -1.08. The van der Waals surface area contributed by atoms with Gasteiger partial charge in [0.1, 0.15) is 12.2 Å². The van der Waals surface area contributed by atoms with E-state index in [0.717, 1.165) is 57.8 Å². The van der Waals surface area contributed by atoms with E-state index < -0.39 is 5.41 Å². The lowest BCUT2D eigenvalue weighted by Crippen LogP contribution is -2.45. The summed E-state index contributed by atoms with van der Waals surface area (Å²) in [6.07, 6.45) is 16.6. The molecule has 0 bridgehead atoms. The molecule has 4 heteroatoms. The molecule has 4 nitrogen and oxygen atoms in total. The van der Waals surface area contributed by atoms with E-state index in [1.807, 2.05) is 0 Å². The van der Waals surface area contributed by atoms with E-state index in [1.165, 1.54) is 38.5 Å². The van der Waals surface area contributed by atoms with Crippen LogP contribution < -0.4 is 0 Å². The number of hydrogen-bond donors (Lipinski definition) is 0. The fourth-order valence-electron chi connectivity index (χ4n) is 4.47. The summed E-state index contributed by atoms with van der Waals surface area (Å²) in [7, 11) is 0. The van der Waals surface area contributed by atoms with E-state index in [2.05, 4.69) is 27.7 Å². The Hall–Kier alpha value is -1.06. The second-order valence-electron chi connectivity index (χ2n) is 9.21. The number of carbonyl (C=O) groups excluding carboxylic acids is 2. The Labute approximate surface area is 185 Å². The van der Waals surface area contributed by atoms with Crippen LogP contribution in [0.15, 0.2) is 0 Å². The fourth-order valence-corrected chi connectivity index (χ4v) is 4.47. The van der Waals surface area contributed by atoms with Crippen molar-refractivity contribution in [3.63, 3.8) is 0 Å². The molecule has 0 radical (unpaired) electrons. The van der Waals surface area contributed by atoms with Crippen molar-refractivity contribution < 1.29 is 19.1 Å². The van der Waals surface area contributed by atoms with Gasteiger partial charge < -0.3 is 9.47 Å². The lowest BCUT2D eigenvalue weighted by Gasteiger charge is -2.35. The third kappa shape index (κ3) is 8.98. The summed E-state index contributed by atoms with van der Waals surface area (Å²) < 4.78 is 11.9. The van der Waals surface area contributed by atoms with Crippen LogP contribution in [0.2, 0.25) is 0 Å². The highest BCUT2D eigenvalue weighted by Crippen LogP contribution is 2.40. The van der Waals surface area contributed by atoms with Gasteiger partial charge in [-0.05, 0) is 51.4 Å². The van der Waals surface area contributed by atoms with Gasteiger partial charge in [-0.15, -0.1) is 0 Å². The maximum absolute atomic E-state index is 13.3. The molecular weight excluding hydrogens is 376 g/mol. The van der Waals surface area contributed by atoms with Gasteiger partial charge in [-0.25, -0.2) is 0 Å². The molecule has 1 aliphatic carbocycles. The molecular formula is C26H48O4. The van der Waals surface area contributed by atoms with Gasteiger partial charge in [-0.3, -0.25) is 9.59 Å². The highest BCUT2D eigenvalue weighted by atomic mass is 16.6. The Morgan fingerprint density at radius 2 is 1.10 bits per heavy atom. The number of rotatable bonds is 16. The summed E-state index contributed by atoms with van der Waals surface area (Å²) in [5.41, 5.74) is -1.08. The predicted molar refractivity (Wildman–Crippen MR) is 123 cm³/mol. The lowest BCUT2D eigenvalue weighted by atomic mass is 9.74. The molecule has 1 aliphatic rings. The van der Waals surface area contributed by atoms with Gasteiger partial charge in [0.15, 0.2) is 5.41 Å². The fraction of sp³-hybridized carbons (Fsp3) is 0.923. The van der Waals surface area contributed by atoms with Crippen LogP contribution in [0.5, 0.6) is 0 Å². The SMILES string of the molecule is CCCCCCC(CC)OC(=O)C1(C(=O)OC(CC)CCCCCC)CCCCC1. The highest BCUT2D eigenvalue weighted by Gasteiger charge is 2.50. The van der Waals surface area contributed by atoms with Crippen LogP contribution in [0.25, 0.3) is 0 Å². The minimum absolute atomic E-state index is 0.0861. The van der Waals surface area contributed by atoms with Crippen LogP contribution >= 0.6 is 0 Å². The molecule has 1 fully saturated rings. The van der Waals surface area contributed by atoms with Crippen LogP contribution in [0.4, 0.5) is 0 Å². The first-order valence-corrected chi connectivity index (χ1v) is 13.0. The maximum atomic E-state index is 13.3. The topological polar surface area (TPSA) is 52.6 Å². The van der Waals surface area contributed by atoms with E-state index in [0.29, 0.717) is 12.8 Å². The molecule has 0 N–H and O–H groups in total. The maximum Gasteiger partial charge on any atom is 0.323 e. The Morgan fingerprint density at radius 3 is 1.47 bits per heavy atom. The molecule has 1 rings (SSSR count). The third-order valence-electron chi connectivity index (χ3n) is 6.71. The second kappa shape index (κ2) is 15.7. The van der Waals surface area contributed by atoms with E-state index in [4.69, 9.17) is 9.47 Å². The third-order valence-corrected chi connectivity index (χ3v) is 6.71. The van der Waals surface area contributed by atoms with Crippen molar-refractivity contribution in [1.82, 2.24) is 0 Å². The normalized spacial score (nSPS) is 17.9. The van der Waals surface area contributed by atoms with Crippen molar-refractivity contribution in [2.75, 3.05) is 0 Å². The van der Waals surface area contributed by atoms with Crippen molar-refractivity contribution in [3.05, 3.63) is 0 Å². The van der Waals surface area contributed by atoms with Crippen LogP contribution in [0.1, 0.15) is 137 Å². The highest BCUT2D eigenvalue weighted by molar-refractivity contribution is 6.00. The van der Waals surface area contributed by atoms with Crippen molar-refractivity contribution in [2.24, 2.45) is 5.41 Å². The molecule has 0 aliphatic heterocycles. The molecule has 176 valence electrons. The zero-order valence-electron chi connectivity index (χ0n) is 20.3. The number of ether oxygens (including phenoxy) is 2. The van der Waals surface area contributed by atoms with Gasteiger partial charge in [0.25, 0.3) is 0 Å². The van der Waals surface area contributed by atoms with Crippen molar-refractivity contribution in [1.29, 1.82) is 0 Å². The monoisotopic (exact) mass is 424 g/mol. The standard InChI is InChI=1S/C26H48O4/c1-5-9-11-14-18-22(7-3)29-24(27)26(20-16-13-17-21-26)25(28)30-23(8-4)19-15-12-10-6-2/h22-23H,5-21H2,1-4H3. The molecule has 0 aromatic carbocycles. The van der Waals surface area contributed by atoms with Gasteiger partial charge in [-0.2, -0.15) is 0 Å². The van der Waals surface area contributed by atoms with Crippen molar-refractivity contribution in [2.45, 2.75) is 149 Å². The van der Waals surface area contributed by atoms with E-state index in [9.17, 15) is 9.59 Å². The molecule has 0 heterocycles. The minimum Gasteiger partial charge on any atom is -0.462 e.